The molecule has 18 heavy (non-hydrogen) atoms. The van der Waals surface area contributed by atoms with Crippen molar-refractivity contribution in [1.82, 2.24) is 0 Å². The molecule has 0 spiro atoms. The molecular formula is C16H21NO. The summed E-state index contributed by atoms with van der Waals surface area (Å²) in [5.41, 5.74) is 2.50. The van der Waals surface area contributed by atoms with Gasteiger partial charge in [0.15, 0.2) is 0 Å². The molecule has 0 unspecified atom stereocenters. The van der Waals surface area contributed by atoms with Crippen LogP contribution in [-0.4, -0.2) is 12.5 Å². The van der Waals surface area contributed by atoms with Gasteiger partial charge >= 0.3 is 0 Å². The van der Waals surface area contributed by atoms with Gasteiger partial charge in [-0.05, 0) is 43.2 Å². The second-order valence-electron chi connectivity index (χ2n) is 5.63. The maximum atomic E-state index is 12.4. The third-order valence-corrected chi connectivity index (χ3v) is 4.35. The Hall–Kier alpha value is -1.31. The molecule has 0 N–H and O–H groups in total. The van der Waals surface area contributed by atoms with Crippen molar-refractivity contribution in [2.75, 3.05) is 11.4 Å². The van der Waals surface area contributed by atoms with Gasteiger partial charge in [-0.3, -0.25) is 4.79 Å². The number of anilines is 1. The van der Waals surface area contributed by atoms with Gasteiger partial charge in [-0.1, -0.05) is 31.0 Å². The maximum Gasteiger partial charge on any atom is 0.227 e. The zero-order valence-corrected chi connectivity index (χ0v) is 10.9. The number of fused-ring (bicyclic) bond motifs is 1. The Bertz CT molecular complexity index is 434. The van der Waals surface area contributed by atoms with Crippen molar-refractivity contribution in [2.45, 2.75) is 44.9 Å². The first-order valence-corrected chi connectivity index (χ1v) is 7.23. The normalized spacial score (nSPS) is 19.9. The summed E-state index contributed by atoms with van der Waals surface area (Å²) in [7, 11) is 0. The lowest BCUT2D eigenvalue weighted by molar-refractivity contribution is -0.119. The quantitative estimate of drug-likeness (QED) is 0.778. The first-order chi connectivity index (χ1) is 8.84. The molecule has 0 bridgehead atoms. The first-order valence-electron chi connectivity index (χ1n) is 7.23. The van der Waals surface area contributed by atoms with E-state index in [0.29, 0.717) is 11.8 Å². The molecule has 0 atom stereocenters. The van der Waals surface area contributed by atoms with Crippen molar-refractivity contribution in [3.05, 3.63) is 29.8 Å². The summed E-state index contributed by atoms with van der Waals surface area (Å²) in [4.78, 5) is 14.5. The Morgan fingerprint density at radius 3 is 2.78 bits per heavy atom. The second kappa shape index (κ2) is 5.13. The number of aryl methyl sites for hydroxylation is 1. The maximum absolute atomic E-state index is 12.4. The van der Waals surface area contributed by atoms with Gasteiger partial charge in [0.05, 0.1) is 0 Å². The van der Waals surface area contributed by atoms with Crippen LogP contribution in [-0.2, 0) is 11.2 Å². The third kappa shape index (κ3) is 2.29. The number of para-hydroxylation sites is 1. The van der Waals surface area contributed by atoms with Gasteiger partial charge in [0.25, 0.3) is 0 Å². The summed E-state index contributed by atoms with van der Waals surface area (Å²) in [5.74, 6) is 0.987. The Morgan fingerprint density at radius 2 is 1.94 bits per heavy atom. The van der Waals surface area contributed by atoms with E-state index >= 15 is 0 Å². The molecule has 2 aliphatic rings. The van der Waals surface area contributed by atoms with Crippen LogP contribution in [0.3, 0.4) is 0 Å². The predicted octanol–water partition coefficient (Wildman–Crippen LogP) is 3.55. The number of amides is 1. The largest absolute Gasteiger partial charge is 0.312 e. The van der Waals surface area contributed by atoms with Crippen LogP contribution in [0.4, 0.5) is 5.69 Å². The number of hydrogen-bond acceptors (Lipinski definition) is 1. The lowest BCUT2D eigenvalue weighted by atomic mass is 9.99. The number of hydrogen-bond donors (Lipinski definition) is 0. The third-order valence-electron chi connectivity index (χ3n) is 4.35. The molecule has 1 aromatic rings. The lowest BCUT2D eigenvalue weighted by Gasteiger charge is -2.30. The molecular weight excluding hydrogens is 222 g/mol. The molecule has 1 amide bonds. The summed E-state index contributed by atoms with van der Waals surface area (Å²) < 4.78 is 0. The van der Waals surface area contributed by atoms with Crippen molar-refractivity contribution in [1.29, 1.82) is 0 Å². The minimum absolute atomic E-state index is 0.342. The molecule has 1 aromatic carbocycles. The van der Waals surface area contributed by atoms with Gasteiger partial charge in [-0.25, -0.2) is 0 Å². The first kappa shape index (κ1) is 11.8. The molecule has 0 radical (unpaired) electrons. The minimum Gasteiger partial charge on any atom is -0.312 e. The van der Waals surface area contributed by atoms with E-state index in [2.05, 4.69) is 18.2 Å². The van der Waals surface area contributed by atoms with Crippen LogP contribution >= 0.6 is 0 Å². The van der Waals surface area contributed by atoms with Gasteiger partial charge in [0, 0.05) is 18.7 Å². The number of rotatable bonds is 2. The van der Waals surface area contributed by atoms with E-state index in [1.807, 2.05) is 11.0 Å². The number of carbonyl (C=O) groups is 1. The Labute approximate surface area is 109 Å². The minimum atomic E-state index is 0.342. The zero-order chi connectivity index (χ0) is 12.4. The fourth-order valence-corrected chi connectivity index (χ4v) is 3.36. The smallest absolute Gasteiger partial charge is 0.227 e. The fourth-order valence-electron chi connectivity index (χ4n) is 3.36. The molecule has 1 fully saturated rings. The van der Waals surface area contributed by atoms with Crippen LogP contribution < -0.4 is 4.90 Å². The van der Waals surface area contributed by atoms with Gasteiger partial charge in [-0.2, -0.15) is 0 Å². The fraction of sp³-hybridized carbons (Fsp3) is 0.562. The van der Waals surface area contributed by atoms with E-state index in [9.17, 15) is 4.79 Å². The molecule has 2 nitrogen and oxygen atoms in total. The number of benzene rings is 1. The molecule has 0 aromatic heterocycles. The van der Waals surface area contributed by atoms with E-state index < -0.39 is 0 Å². The summed E-state index contributed by atoms with van der Waals surface area (Å²) >= 11 is 0. The molecule has 96 valence electrons. The Morgan fingerprint density at radius 1 is 1.17 bits per heavy atom. The van der Waals surface area contributed by atoms with E-state index in [4.69, 9.17) is 0 Å². The van der Waals surface area contributed by atoms with E-state index in [0.717, 1.165) is 31.5 Å². The highest BCUT2D eigenvalue weighted by Gasteiger charge is 2.25. The highest BCUT2D eigenvalue weighted by molar-refractivity contribution is 5.94. The molecule has 1 saturated carbocycles. The zero-order valence-electron chi connectivity index (χ0n) is 10.9. The van der Waals surface area contributed by atoms with Crippen molar-refractivity contribution < 1.29 is 4.79 Å². The predicted molar refractivity (Wildman–Crippen MR) is 73.7 cm³/mol. The van der Waals surface area contributed by atoms with E-state index in [1.165, 1.54) is 31.2 Å². The van der Waals surface area contributed by atoms with Crippen LogP contribution in [0.2, 0.25) is 0 Å². The molecule has 1 aliphatic carbocycles. The Balaban J connectivity index is 1.74. The van der Waals surface area contributed by atoms with Crippen molar-refractivity contribution in [3.8, 4) is 0 Å². The summed E-state index contributed by atoms with van der Waals surface area (Å²) in [6.07, 6.45) is 8.11. The van der Waals surface area contributed by atoms with Gasteiger partial charge in [-0.15, -0.1) is 0 Å². The average molecular weight is 243 g/mol. The van der Waals surface area contributed by atoms with Crippen LogP contribution in [0, 0.1) is 5.92 Å². The standard InChI is InChI=1S/C16H21NO/c18-16(12-13-6-1-2-7-13)17-11-5-9-14-8-3-4-10-15(14)17/h3-4,8,10,13H,1-2,5-7,9,11-12H2. The molecule has 3 rings (SSSR count). The Kier molecular flexibility index (Phi) is 3.35. The van der Waals surface area contributed by atoms with Crippen molar-refractivity contribution in [3.63, 3.8) is 0 Å². The number of nitrogens with zero attached hydrogens (tertiary/aromatic N) is 1. The SMILES string of the molecule is O=C(CC1CCCC1)N1CCCc2ccccc21. The van der Waals surface area contributed by atoms with Crippen LogP contribution in [0.15, 0.2) is 24.3 Å². The highest BCUT2D eigenvalue weighted by atomic mass is 16.2. The topological polar surface area (TPSA) is 20.3 Å². The summed E-state index contributed by atoms with van der Waals surface area (Å²) in [6, 6.07) is 8.37. The highest BCUT2D eigenvalue weighted by Crippen LogP contribution is 2.31. The van der Waals surface area contributed by atoms with E-state index in [-0.39, 0.29) is 0 Å². The van der Waals surface area contributed by atoms with Gasteiger partial charge < -0.3 is 4.90 Å². The van der Waals surface area contributed by atoms with Crippen molar-refractivity contribution >= 4 is 11.6 Å². The van der Waals surface area contributed by atoms with E-state index in [1.54, 1.807) is 0 Å². The monoisotopic (exact) mass is 243 g/mol. The summed E-state index contributed by atoms with van der Waals surface area (Å²) in [5, 5.41) is 0. The summed E-state index contributed by atoms with van der Waals surface area (Å²) in [6.45, 7) is 0.905. The molecule has 1 aliphatic heterocycles. The average Bonchev–Trinajstić information content (AvgIpc) is 2.91. The molecule has 1 heterocycles. The lowest BCUT2D eigenvalue weighted by Crippen LogP contribution is -2.36. The number of carbonyl (C=O) groups excluding carboxylic acids is 1. The van der Waals surface area contributed by atoms with Crippen molar-refractivity contribution in [2.24, 2.45) is 5.92 Å². The van der Waals surface area contributed by atoms with Crippen LogP contribution in [0.5, 0.6) is 0 Å². The molecule has 0 saturated heterocycles. The van der Waals surface area contributed by atoms with Crippen LogP contribution in [0.1, 0.15) is 44.1 Å². The van der Waals surface area contributed by atoms with Crippen LogP contribution in [0.25, 0.3) is 0 Å². The second-order valence-corrected chi connectivity index (χ2v) is 5.63. The van der Waals surface area contributed by atoms with Gasteiger partial charge in [0.2, 0.25) is 5.91 Å². The molecule has 2 heteroatoms. The van der Waals surface area contributed by atoms with Gasteiger partial charge in [0.1, 0.15) is 0 Å².